The fourth-order valence-electron chi connectivity index (χ4n) is 3.49. The van der Waals surface area contributed by atoms with Gasteiger partial charge in [0.05, 0.1) is 16.8 Å². The van der Waals surface area contributed by atoms with E-state index >= 15 is 0 Å². The predicted molar refractivity (Wildman–Crippen MR) is 115 cm³/mol. The van der Waals surface area contributed by atoms with E-state index in [9.17, 15) is 14.0 Å². The van der Waals surface area contributed by atoms with Crippen LogP contribution in [0.2, 0.25) is 0 Å². The van der Waals surface area contributed by atoms with Gasteiger partial charge in [0.2, 0.25) is 5.78 Å². The minimum Gasteiger partial charge on any atom is -0.396 e. The van der Waals surface area contributed by atoms with Gasteiger partial charge in [0.15, 0.2) is 0 Å². The maximum atomic E-state index is 13.5. The van der Waals surface area contributed by atoms with Crippen molar-refractivity contribution in [3.05, 3.63) is 101 Å². The van der Waals surface area contributed by atoms with Crippen LogP contribution in [-0.2, 0) is 6.42 Å². The average molecular weight is 401 g/mol. The van der Waals surface area contributed by atoms with Crippen molar-refractivity contribution in [3.63, 3.8) is 0 Å². The molecule has 2 aromatic carbocycles. The van der Waals surface area contributed by atoms with Crippen molar-refractivity contribution in [2.75, 3.05) is 11.1 Å². The number of carbonyl (C=O) groups is 2. The van der Waals surface area contributed by atoms with Crippen LogP contribution in [0.25, 0.3) is 5.52 Å². The average Bonchev–Trinajstić information content (AvgIpc) is 3.05. The van der Waals surface area contributed by atoms with E-state index in [1.165, 1.54) is 18.2 Å². The summed E-state index contributed by atoms with van der Waals surface area (Å²) in [6.45, 7) is 2.04. The summed E-state index contributed by atoms with van der Waals surface area (Å²) in [5, 5.41) is 2.66. The molecule has 0 spiro atoms. The molecule has 4 rings (SSSR count). The Morgan fingerprint density at radius 2 is 1.80 bits per heavy atom. The maximum absolute atomic E-state index is 13.5. The van der Waals surface area contributed by atoms with Crippen molar-refractivity contribution in [2.24, 2.45) is 0 Å². The highest BCUT2D eigenvalue weighted by Gasteiger charge is 2.26. The molecule has 0 bridgehead atoms. The summed E-state index contributed by atoms with van der Waals surface area (Å²) in [6, 6.07) is 18.1. The molecule has 0 atom stereocenters. The highest BCUT2D eigenvalue weighted by atomic mass is 19.1. The number of nitrogen functional groups attached to an aromatic ring is 1. The highest BCUT2D eigenvalue weighted by molar-refractivity contribution is 6.20. The van der Waals surface area contributed by atoms with E-state index in [0.717, 1.165) is 12.0 Å². The molecule has 4 aromatic rings. The number of nitrogens with zero attached hydrogens (tertiary/aromatic N) is 1. The summed E-state index contributed by atoms with van der Waals surface area (Å²) in [7, 11) is 0. The molecule has 0 fully saturated rings. The number of benzene rings is 2. The Hall–Kier alpha value is -3.93. The Morgan fingerprint density at radius 1 is 1.03 bits per heavy atom. The number of aromatic nitrogens is 1. The number of nitrogens with one attached hydrogen (secondary N) is 1. The van der Waals surface area contributed by atoms with Crippen LogP contribution in [0.5, 0.6) is 0 Å². The lowest BCUT2D eigenvalue weighted by Gasteiger charge is -2.06. The standard InChI is InChI=1S/C24H20FN3O2/c1-2-15-9-11-16(12-10-15)23(29)22-21(26)20(19-8-3-4-13-28(19)22)24(30)27-18-7-5-6-17(25)14-18/h3-14H,2,26H2,1H3,(H,27,30). The molecule has 2 aromatic heterocycles. The fourth-order valence-corrected chi connectivity index (χ4v) is 3.49. The van der Waals surface area contributed by atoms with E-state index in [4.69, 9.17) is 5.73 Å². The van der Waals surface area contributed by atoms with Crippen molar-refractivity contribution in [1.82, 2.24) is 4.40 Å². The second kappa shape index (κ2) is 7.83. The van der Waals surface area contributed by atoms with Gasteiger partial charge in [0.25, 0.3) is 5.91 Å². The van der Waals surface area contributed by atoms with Gasteiger partial charge < -0.3 is 15.5 Å². The summed E-state index contributed by atoms with van der Waals surface area (Å²) in [6.07, 6.45) is 2.56. The van der Waals surface area contributed by atoms with Crippen LogP contribution in [0.1, 0.15) is 38.9 Å². The third-order valence-corrected chi connectivity index (χ3v) is 5.03. The number of halogens is 1. The quantitative estimate of drug-likeness (QED) is 0.476. The summed E-state index contributed by atoms with van der Waals surface area (Å²) in [5.41, 5.74) is 9.20. The van der Waals surface area contributed by atoms with Crippen molar-refractivity contribution in [1.29, 1.82) is 0 Å². The SMILES string of the molecule is CCc1ccc(C(=O)c2c(N)c(C(=O)Nc3cccc(F)c3)c3ccccn23)cc1. The maximum Gasteiger partial charge on any atom is 0.259 e. The number of nitrogens with two attached hydrogens (primary N) is 1. The minimum atomic E-state index is -0.512. The minimum absolute atomic E-state index is 0.0830. The van der Waals surface area contributed by atoms with Crippen molar-refractivity contribution in [3.8, 4) is 0 Å². The number of anilines is 2. The Balaban J connectivity index is 1.79. The smallest absolute Gasteiger partial charge is 0.259 e. The Kier molecular flexibility index (Phi) is 5.06. The van der Waals surface area contributed by atoms with Crippen LogP contribution >= 0.6 is 0 Å². The fraction of sp³-hybridized carbons (Fsp3) is 0.0833. The number of pyridine rings is 1. The van der Waals surface area contributed by atoms with E-state index in [2.05, 4.69) is 5.32 Å². The van der Waals surface area contributed by atoms with Gasteiger partial charge in [-0.3, -0.25) is 9.59 Å². The first-order chi connectivity index (χ1) is 14.5. The second-order valence-electron chi connectivity index (χ2n) is 6.94. The zero-order valence-electron chi connectivity index (χ0n) is 16.4. The summed E-state index contributed by atoms with van der Waals surface area (Å²) in [4.78, 5) is 26.2. The van der Waals surface area contributed by atoms with Crippen LogP contribution in [0.15, 0.2) is 72.9 Å². The van der Waals surface area contributed by atoms with Gasteiger partial charge in [0, 0.05) is 17.4 Å². The van der Waals surface area contributed by atoms with Gasteiger partial charge in [-0.2, -0.15) is 0 Å². The van der Waals surface area contributed by atoms with E-state index in [0.29, 0.717) is 16.8 Å². The van der Waals surface area contributed by atoms with Crippen molar-refractivity contribution in [2.45, 2.75) is 13.3 Å². The van der Waals surface area contributed by atoms with Crippen LogP contribution in [0.4, 0.5) is 15.8 Å². The number of fused-ring (bicyclic) bond motifs is 1. The van der Waals surface area contributed by atoms with Gasteiger partial charge >= 0.3 is 0 Å². The number of aryl methyl sites for hydroxylation is 1. The molecule has 0 saturated heterocycles. The first-order valence-electron chi connectivity index (χ1n) is 9.58. The topological polar surface area (TPSA) is 76.6 Å². The van der Waals surface area contributed by atoms with Gasteiger partial charge in [0.1, 0.15) is 11.5 Å². The third-order valence-electron chi connectivity index (χ3n) is 5.03. The number of amides is 1. The lowest BCUT2D eigenvalue weighted by atomic mass is 10.0. The first kappa shape index (κ1) is 19.4. The number of hydrogen-bond acceptors (Lipinski definition) is 3. The Bertz CT molecular complexity index is 1260. The largest absolute Gasteiger partial charge is 0.396 e. The molecular weight excluding hydrogens is 381 g/mol. The number of rotatable bonds is 5. The number of ketones is 1. The molecule has 0 unspecified atom stereocenters. The zero-order valence-corrected chi connectivity index (χ0v) is 16.4. The zero-order chi connectivity index (χ0) is 21.3. The first-order valence-corrected chi connectivity index (χ1v) is 9.58. The molecule has 1 amide bonds. The van der Waals surface area contributed by atoms with Crippen LogP contribution < -0.4 is 11.1 Å². The van der Waals surface area contributed by atoms with Gasteiger partial charge in [-0.1, -0.05) is 43.3 Å². The lowest BCUT2D eigenvalue weighted by Crippen LogP contribution is -2.14. The van der Waals surface area contributed by atoms with E-state index in [1.807, 2.05) is 19.1 Å². The number of hydrogen-bond donors (Lipinski definition) is 2. The molecule has 6 heteroatoms. The predicted octanol–water partition coefficient (Wildman–Crippen LogP) is 4.71. The molecule has 30 heavy (non-hydrogen) atoms. The summed E-state index contributed by atoms with van der Waals surface area (Å²) >= 11 is 0. The van der Waals surface area contributed by atoms with Crippen LogP contribution in [-0.4, -0.2) is 16.1 Å². The molecule has 5 nitrogen and oxygen atoms in total. The molecule has 2 heterocycles. The van der Waals surface area contributed by atoms with Crippen molar-refractivity contribution >= 4 is 28.6 Å². The summed E-state index contributed by atoms with van der Waals surface area (Å²) in [5.74, 6) is -1.25. The highest BCUT2D eigenvalue weighted by Crippen LogP contribution is 2.29. The third kappa shape index (κ3) is 3.43. The molecule has 0 aliphatic rings. The molecule has 0 aliphatic heterocycles. The van der Waals surface area contributed by atoms with Gasteiger partial charge in [-0.25, -0.2) is 4.39 Å². The van der Waals surface area contributed by atoms with Crippen LogP contribution in [0.3, 0.4) is 0 Å². The van der Waals surface area contributed by atoms with Crippen LogP contribution in [0, 0.1) is 5.82 Å². The Labute approximate surface area is 173 Å². The lowest BCUT2D eigenvalue weighted by molar-refractivity contribution is 0.102. The normalized spacial score (nSPS) is 10.9. The molecule has 3 N–H and O–H groups in total. The van der Waals surface area contributed by atoms with E-state index in [1.54, 1.807) is 47.0 Å². The molecule has 150 valence electrons. The van der Waals surface area contributed by atoms with E-state index in [-0.39, 0.29) is 22.7 Å². The molecule has 0 aliphatic carbocycles. The molecular formula is C24H20FN3O2. The Morgan fingerprint density at radius 3 is 2.50 bits per heavy atom. The summed E-state index contributed by atoms with van der Waals surface area (Å²) < 4.78 is 15.1. The van der Waals surface area contributed by atoms with Gasteiger partial charge in [-0.05, 0) is 42.3 Å². The monoisotopic (exact) mass is 401 g/mol. The van der Waals surface area contributed by atoms with E-state index < -0.39 is 11.7 Å². The second-order valence-corrected chi connectivity index (χ2v) is 6.94. The number of carbonyl (C=O) groups excluding carboxylic acids is 2. The molecule has 0 radical (unpaired) electrons. The van der Waals surface area contributed by atoms with Crippen molar-refractivity contribution < 1.29 is 14.0 Å². The van der Waals surface area contributed by atoms with Gasteiger partial charge in [-0.15, -0.1) is 0 Å². The molecule has 0 saturated carbocycles.